The van der Waals surface area contributed by atoms with Gasteiger partial charge in [-0.25, -0.2) is 0 Å². The predicted octanol–water partition coefficient (Wildman–Crippen LogP) is 1.09. The summed E-state index contributed by atoms with van der Waals surface area (Å²) in [4.78, 5) is 2.65. The lowest BCUT2D eigenvalue weighted by Gasteiger charge is -2.06. The zero-order valence-corrected chi connectivity index (χ0v) is 10.2. The third-order valence-electron chi connectivity index (χ3n) is 1.85. The second-order valence-electron chi connectivity index (χ2n) is 3.29. The van der Waals surface area contributed by atoms with Crippen LogP contribution in [0.25, 0.3) is 10.4 Å². The molecule has 0 aliphatic rings. The standard InChI is InChI=1S/C10H22N4O3/c11-3-1-5-15-7-9-17-10-8-16-6-2-4-13-14-12/h1-11H2. The van der Waals surface area contributed by atoms with E-state index in [9.17, 15) is 0 Å². The first kappa shape index (κ1) is 16.1. The van der Waals surface area contributed by atoms with E-state index in [1.807, 2.05) is 0 Å². The lowest BCUT2D eigenvalue weighted by Crippen LogP contribution is -2.11. The molecule has 0 radical (unpaired) electrons. The molecule has 0 unspecified atom stereocenters. The van der Waals surface area contributed by atoms with Gasteiger partial charge in [0.2, 0.25) is 0 Å². The minimum absolute atomic E-state index is 0.479. The molecular weight excluding hydrogens is 224 g/mol. The highest BCUT2D eigenvalue weighted by molar-refractivity contribution is 4.45. The predicted molar refractivity (Wildman–Crippen MR) is 64.8 cm³/mol. The van der Waals surface area contributed by atoms with Crippen LogP contribution in [0.5, 0.6) is 0 Å². The van der Waals surface area contributed by atoms with Crippen LogP contribution in [0.4, 0.5) is 0 Å². The zero-order valence-electron chi connectivity index (χ0n) is 10.2. The van der Waals surface area contributed by atoms with Crippen LogP contribution < -0.4 is 5.73 Å². The molecule has 0 bridgehead atoms. The Labute approximate surface area is 102 Å². The van der Waals surface area contributed by atoms with Crippen LogP contribution in [0.1, 0.15) is 12.8 Å². The maximum Gasteiger partial charge on any atom is 0.0701 e. The number of ether oxygens (including phenoxy) is 3. The van der Waals surface area contributed by atoms with E-state index >= 15 is 0 Å². The molecule has 0 saturated heterocycles. The van der Waals surface area contributed by atoms with Crippen molar-refractivity contribution in [2.24, 2.45) is 10.8 Å². The van der Waals surface area contributed by atoms with Gasteiger partial charge < -0.3 is 19.9 Å². The van der Waals surface area contributed by atoms with E-state index in [1.165, 1.54) is 0 Å². The van der Waals surface area contributed by atoms with Crippen molar-refractivity contribution in [1.82, 2.24) is 0 Å². The van der Waals surface area contributed by atoms with Crippen LogP contribution in [0, 0.1) is 0 Å². The average molecular weight is 246 g/mol. The molecule has 0 aromatic carbocycles. The molecule has 0 amide bonds. The third kappa shape index (κ3) is 15.1. The van der Waals surface area contributed by atoms with Gasteiger partial charge in [-0.3, -0.25) is 0 Å². The molecule has 0 aromatic heterocycles. The Kier molecular flexibility index (Phi) is 14.4. The zero-order chi connectivity index (χ0) is 12.6. The Balaban J connectivity index is 2.91. The van der Waals surface area contributed by atoms with Crippen LogP contribution in [0.2, 0.25) is 0 Å². The molecule has 7 heteroatoms. The fourth-order valence-electron chi connectivity index (χ4n) is 1.01. The van der Waals surface area contributed by atoms with Crippen molar-refractivity contribution < 1.29 is 14.2 Å². The molecule has 100 valence electrons. The van der Waals surface area contributed by atoms with Crippen LogP contribution >= 0.6 is 0 Å². The van der Waals surface area contributed by atoms with E-state index in [1.54, 1.807) is 0 Å². The highest BCUT2D eigenvalue weighted by atomic mass is 16.5. The molecule has 0 heterocycles. The summed E-state index contributed by atoms with van der Waals surface area (Å²) in [6.45, 7) is 4.70. The molecule has 7 nitrogen and oxygen atoms in total. The third-order valence-corrected chi connectivity index (χ3v) is 1.85. The van der Waals surface area contributed by atoms with Gasteiger partial charge in [0.25, 0.3) is 0 Å². The SMILES string of the molecule is [N-]=[N+]=NCCCOCCOCCOCCCN. The Bertz CT molecular complexity index is 198. The largest absolute Gasteiger partial charge is 0.379 e. The lowest BCUT2D eigenvalue weighted by atomic mass is 10.5. The van der Waals surface area contributed by atoms with Gasteiger partial charge >= 0.3 is 0 Å². The van der Waals surface area contributed by atoms with E-state index in [4.69, 9.17) is 25.5 Å². The first-order chi connectivity index (χ1) is 8.41. The van der Waals surface area contributed by atoms with Gasteiger partial charge in [0.15, 0.2) is 0 Å². The van der Waals surface area contributed by atoms with E-state index in [-0.39, 0.29) is 0 Å². The van der Waals surface area contributed by atoms with Crippen molar-refractivity contribution in [3.63, 3.8) is 0 Å². The summed E-state index contributed by atoms with van der Waals surface area (Å²) in [6.07, 6.45) is 1.63. The van der Waals surface area contributed by atoms with Crippen LogP contribution in [0.3, 0.4) is 0 Å². The molecule has 0 atom stereocenters. The number of hydrogen-bond donors (Lipinski definition) is 1. The summed E-state index contributed by atoms with van der Waals surface area (Å²) in [5.74, 6) is 0. The molecule has 0 aliphatic heterocycles. The number of rotatable bonds is 13. The van der Waals surface area contributed by atoms with Crippen molar-refractivity contribution in [3.05, 3.63) is 10.4 Å². The fraction of sp³-hybridized carbons (Fsp3) is 1.00. The van der Waals surface area contributed by atoms with Crippen LogP contribution in [-0.4, -0.2) is 52.7 Å². The van der Waals surface area contributed by atoms with Crippen LogP contribution in [-0.2, 0) is 14.2 Å². The molecule has 2 N–H and O–H groups in total. The average Bonchev–Trinajstić information content (AvgIpc) is 2.35. The van der Waals surface area contributed by atoms with E-state index < -0.39 is 0 Å². The van der Waals surface area contributed by atoms with Gasteiger partial charge in [-0.1, -0.05) is 5.11 Å². The van der Waals surface area contributed by atoms with E-state index in [0.29, 0.717) is 52.7 Å². The molecule has 0 aliphatic carbocycles. The second-order valence-corrected chi connectivity index (χ2v) is 3.29. The van der Waals surface area contributed by atoms with Crippen molar-refractivity contribution in [1.29, 1.82) is 0 Å². The summed E-state index contributed by atoms with van der Waals surface area (Å²) in [5.41, 5.74) is 13.3. The minimum atomic E-state index is 0.479. The van der Waals surface area contributed by atoms with Gasteiger partial charge in [-0.15, -0.1) is 0 Å². The maximum atomic E-state index is 8.02. The topological polar surface area (TPSA) is 102 Å². The summed E-state index contributed by atoms with van der Waals surface area (Å²) in [6, 6.07) is 0. The second kappa shape index (κ2) is 15.1. The Morgan fingerprint density at radius 2 is 1.41 bits per heavy atom. The summed E-state index contributed by atoms with van der Waals surface area (Å²) >= 11 is 0. The minimum Gasteiger partial charge on any atom is -0.379 e. The fourth-order valence-corrected chi connectivity index (χ4v) is 1.01. The Morgan fingerprint density at radius 1 is 0.882 bits per heavy atom. The normalized spacial score (nSPS) is 10.2. The quantitative estimate of drug-likeness (QED) is 0.227. The molecule has 0 rings (SSSR count). The van der Waals surface area contributed by atoms with Gasteiger partial charge in [-0.2, -0.15) is 0 Å². The highest BCUT2D eigenvalue weighted by Gasteiger charge is 1.91. The van der Waals surface area contributed by atoms with E-state index in [0.717, 1.165) is 12.8 Å². The number of nitrogens with zero attached hydrogens (tertiary/aromatic N) is 3. The summed E-state index contributed by atoms with van der Waals surface area (Å²) in [5, 5.41) is 3.40. The van der Waals surface area contributed by atoms with E-state index in [2.05, 4.69) is 10.0 Å². The Morgan fingerprint density at radius 3 is 1.94 bits per heavy atom. The first-order valence-electron chi connectivity index (χ1n) is 5.86. The van der Waals surface area contributed by atoms with Crippen LogP contribution in [0.15, 0.2) is 5.11 Å². The molecule has 0 spiro atoms. The van der Waals surface area contributed by atoms with Crippen molar-refractivity contribution >= 4 is 0 Å². The lowest BCUT2D eigenvalue weighted by molar-refractivity contribution is 0.0143. The molecule has 0 aromatic rings. The van der Waals surface area contributed by atoms with Crippen molar-refractivity contribution in [2.45, 2.75) is 12.8 Å². The number of nitrogens with two attached hydrogens (primary N) is 1. The first-order valence-corrected chi connectivity index (χ1v) is 5.86. The van der Waals surface area contributed by atoms with Gasteiger partial charge in [0, 0.05) is 24.7 Å². The highest BCUT2D eigenvalue weighted by Crippen LogP contribution is 1.86. The number of hydrogen-bond acceptors (Lipinski definition) is 5. The van der Waals surface area contributed by atoms with Gasteiger partial charge in [0.05, 0.1) is 26.4 Å². The van der Waals surface area contributed by atoms with Gasteiger partial charge in [0.1, 0.15) is 0 Å². The molecular formula is C10H22N4O3. The smallest absolute Gasteiger partial charge is 0.0701 e. The summed E-state index contributed by atoms with van der Waals surface area (Å²) in [7, 11) is 0. The molecule has 17 heavy (non-hydrogen) atoms. The van der Waals surface area contributed by atoms with Gasteiger partial charge in [-0.05, 0) is 24.9 Å². The monoisotopic (exact) mass is 246 g/mol. The maximum absolute atomic E-state index is 8.02. The van der Waals surface area contributed by atoms with Crippen molar-refractivity contribution in [3.8, 4) is 0 Å². The van der Waals surface area contributed by atoms with Crippen molar-refractivity contribution in [2.75, 3.05) is 52.7 Å². The Hall–Kier alpha value is -0.850. The molecule has 0 saturated carbocycles. The summed E-state index contributed by atoms with van der Waals surface area (Å²) < 4.78 is 15.8. The number of azide groups is 1. The molecule has 0 fully saturated rings.